The minimum atomic E-state index is -0.575. The van der Waals surface area contributed by atoms with Crippen LogP contribution in [0.1, 0.15) is 29.3 Å². The summed E-state index contributed by atoms with van der Waals surface area (Å²) in [5.41, 5.74) is 8.41. The van der Waals surface area contributed by atoms with Crippen molar-refractivity contribution in [1.29, 1.82) is 0 Å². The van der Waals surface area contributed by atoms with E-state index in [0.29, 0.717) is 12.2 Å². The second-order valence-corrected chi connectivity index (χ2v) is 4.83. The number of carbonyl (C=O) groups excluding carboxylic acids is 1. The van der Waals surface area contributed by atoms with Crippen molar-refractivity contribution in [2.75, 3.05) is 0 Å². The fraction of sp³-hybridized carbons (Fsp3) is 0.200. The topological polar surface area (TPSA) is 71.8 Å². The van der Waals surface area contributed by atoms with Crippen LogP contribution in [0.2, 0.25) is 0 Å². The monoisotopic (exact) mass is 269 g/mol. The molecule has 5 heteroatoms. The average Bonchev–Trinajstić information content (AvgIpc) is 3.08. The normalized spacial score (nSPS) is 18.1. The molecule has 1 atom stereocenters. The maximum Gasteiger partial charge on any atom is 0.335 e. The van der Waals surface area contributed by atoms with E-state index in [0.717, 1.165) is 11.3 Å². The summed E-state index contributed by atoms with van der Waals surface area (Å²) in [7, 11) is 0. The Morgan fingerprint density at radius 3 is 2.70 bits per heavy atom. The first-order valence-electron chi connectivity index (χ1n) is 6.42. The predicted octanol–water partition coefficient (Wildman–Crippen LogP) is 2.82. The lowest BCUT2D eigenvalue weighted by atomic mass is 10.0. The number of hydrogen-bond acceptors (Lipinski definition) is 3. The zero-order chi connectivity index (χ0) is 14.1. The Morgan fingerprint density at radius 1 is 1.35 bits per heavy atom. The minimum Gasteiger partial charge on any atom is -0.467 e. The van der Waals surface area contributed by atoms with Crippen molar-refractivity contribution in [3.8, 4) is 0 Å². The van der Waals surface area contributed by atoms with E-state index in [4.69, 9.17) is 10.2 Å². The Balaban J connectivity index is 1.92. The predicted molar refractivity (Wildman–Crippen MR) is 75.2 cm³/mol. The number of nitrogens with zero attached hydrogens (tertiary/aromatic N) is 2. The van der Waals surface area contributed by atoms with Gasteiger partial charge in [0.2, 0.25) is 0 Å². The van der Waals surface area contributed by atoms with Crippen molar-refractivity contribution < 1.29 is 9.21 Å². The Kier molecular flexibility index (Phi) is 3.02. The van der Waals surface area contributed by atoms with Crippen LogP contribution in [0.25, 0.3) is 0 Å². The number of rotatable bonds is 2. The van der Waals surface area contributed by atoms with Gasteiger partial charge in [-0.3, -0.25) is 0 Å². The molecule has 2 heterocycles. The molecule has 2 amide bonds. The lowest BCUT2D eigenvalue weighted by Gasteiger charge is -2.16. The number of hydrogen-bond donors (Lipinski definition) is 1. The van der Waals surface area contributed by atoms with Crippen LogP contribution in [0.3, 0.4) is 0 Å². The molecule has 0 bridgehead atoms. The summed E-state index contributed by atoms with van der Waals surface area (Å²) in [6.07, 6.45) is 2.18. The van der Waals surface area contributed by atoms with Gasteiger partial charge in [0.1, 0.15) is 11.8 Å². The molecule has 5 nitrogen and oxygen atoms in total. The summed E-state index contributed by atoms with van der Waals surface area (Å²) in [4.78, 5) is 11.5. The first-order valence-corrected chi connectivity index (χ1v) is 6.42. The quantitative estimate of drug-likeness (QED) is 0.910. The summed E-state index contributed by atoms with van der Waals surface area (Å²) in [5.74, 6) is 0.690. The molecule has 0 saturated carbocycles. The number of urea groups is 1. The molecule has 0 fully saturated rings. The van der Waals surface area contributed by atoms with Gasteiger partial charge in [-0.2, -0.15) is 5.10 Å². The second-order valence-electron chi connectivity index (χ2n) is 4.83. The third kappa shape index (κ3) is 2.18. The highest BCUT2D eigenvalue weighted by Gasteiger charge is 2.33. The fourth-order valence-electron chi connectivity index (χ4n) is 2.34. The molecule has 3 rings (SSSR count). The summed E-state index contributed by atoms with van der Waals surface area (Å²) in [5, 5.41) is 5.63. The van der Waals surface area contributed by atoms with Crippen molar-refractivity contribution in [2.24, 2.45) is 10.8 Å². The van der Waals surface area contributed by atoms with E-state index in [-0.39, 0.29) is 6.04 Å². The molecule has 1 aliphatic rings. The van der Waals surface area contributed by atoms with E-state index in [9.17, 15) is 4.79 Å². The van der Waals surface area contributed by atoms with E-state index < -0.39 is 6.03 Å². The van der Waals surface area contributed by atoms with Gasteiger partial charge in [0.25, 0.3) is 0 Å². The molecule has 0 unspecified atom stereocenters. The zero-order valence-corrected chi connectivity index (χ0v) is 11.1. The third-order valence-corrected chi connectivity index (χ3v) is 3.39. The fourth-order valence-corrected chi connectivity index (χ4v) is 2.34. The molecule has 0 saturated heterocycles. The van der Waals surface area contributed by atoms with Gasteiger partial charge >= 0.3 is 6.03 Å². The number of nitrogens with two attached hydrogens (primary N) is 1. The first-order chi connectivity index (χ1) is 9.65. The highest BCUT2D eigenvalue weighted by molar-refractivity contribution is 6.03. The van der Waals surface area contributed by atoms with Gasteiger partial charge < -0.3 is 10.2 Å². The van der Waals surface area contributed by atoms with Crippen LogP contribution in [0.4, 0.5) is 4.79 Å². The molecule has 20 heavy (non-hydrogen) atoms. The van der Waals surface area contributed by atoms with E-state index in [1.54, 1.807) is 12.3 Å². The van der Waals surface area contributed by atoms with Crippen molar-refractivity contribution in [2.45, 2.75) is 19.4 Å². The summed E-state index contributed by atoms with van der Waals surface area (Å²) in [6.45, 7) is 2.03. The van der Waals surface area contributed by atoms with Gasteiger partial charge in [-0.1, -0.05) is 29.8 Å². The number of amides is 2. The summed E-state index contributed by atoms with van der Waals surface area (Å²) >= 11 is 0. The van der Waals surface area contributed by atoms with E-state index in [2.05, 4.69) is 5.10 Å². The summed E-state index contributed by atoms with van der Waals surface area (Å²) in [6, 6.07) is 10.8. The van der Waals surface area contributed by atoms with Gasteiger partial charge in [-0.15, -0.1) is 0 Å². The smallest absolute Gasteiger partial charge is 0.335 e. The maximum atomic E-state index is 11.5. The molecule has 0 aliphatic carbocycles. The van der Waals surface area contributed by atoms with E-state index in [1.807, 2.05) is 37.3 Å². The highest BCUT2D eigenvalue weighted by Crippen LogP contribution is 2.32. The minimum absolute atomic E-state index is 0.265. The second kappa shape index (κ2) is 4.85. The Morgan fingerprint density at radius 2 is 2.10 bits per heavy atom. The summed E-state index contributed by atoms with van der Waals surface area (Å²) < 4.78 is 5.38. The standard InChI is InChI=1S/C15H15N3O2/c1-10-4-6-11(7-5-10)12-9-13(14-3-2-8-20-14)18(17-12)15(16)19/h2-8,13H,9H2,1H3,(H2,16,19)/t13-/m0/s1. The van der Waals surface area contributed by atoms with Crippen LogP contribution < -0.4 is 5.73 Å². The number of benzene rings is 1. The molecule has 0 spiro atoms. The van der Waals surface area contributed by atoms with Crippen molar-refractivity contribution >= 4 is 11.7 Å². The van der Waals surface area contributed by atoms with Crippen molar-refractivity contribution in [3.05, 3.63) is 59.5 Å². The van der Waals surface area contributed by atoms with Gasteiger partial charge in [0, 0.05) is 6.42 Å². The molecule has 0 radical (unpaired) electrons. The molecule has 1 aromatic heterocycles. The van der Waals surface area contributed by atoms with Crippen molar-refractivity contribution in [3.63, 3.8) is 0 Å². The average molecular weight is 269 g/mol. The maximum absolute atomic E-state index is 11.5. The number of furan rings is 1. The lowest BCUT2D eigenvalue weighted by Crippen LogP contribution is -2.31. The van der Waals surface area contributed by atoms with Gasteiger partial charge in [-0.05, 0) is 24.6 Å². The number of carbonyl (C=O) groups is 1. The molecule has 2 N–H and O–H groups in total. The number of aryl methyl sites for hydroxylation is 1. The SMILES string of the molecule is Cc1ccc(C2=NN(C(N)=O)[C@H](c3ccco3)C2)cc1. The molecule has 2 aromatic rings. The van der Waals surface area contributed by atoms with Crippen LogP contribution in [0.5, 0.6) is 0 Å². The van der Waals surface area contributed by atoms with E-state index in [1.165, 1.54) is 10.6 Å². The molecule has 1 aromatic carbocycles. The molecular formula is C15H15N3O2. The molecule has 1 aliphatic heterocycles. The number of primary amides is 1. The Labute approximate surface area is 116 Å². The van der Waals surface area contributed by atoms with Gasteiger partial charge in [0.15, 0.2) is 0 Å². The first kappa shape index (κ1) is 12.5. The Hall–Kier alpha value is -2.56. The third-order valence-electron chi connectivity index (χ3n) is 3.39. The van der Waals surface area contributed by atoms with Crippen LogP contribution in [-0.4, -0.2) is 16.8 Å². The van der Waals surface area contributed by atoms with Crippen LogP contribution in [-0.2, 0) is 0 Å². The van der Waals surface area contributed by atoms with Crippen LogP contribution in [0, 0.1) is 6.92 Å². The van der Waals surface area contributed by atoms with Crippen molar-refractivity contribution in [1.82, 2.24) is 5.01 Å². The van der Waals surface area contributed by atoms with Crippen LogP contribution >= 0.6 is 0 Å². The Bertz CT molecular complexity index is 644. The van der Waals surface area contributed by atoms with Gasteiger partial charge in [0.05, 0.1) is 12.0 Å². The largest absolute Gasteiger partial charge is 0.467 e. The lowest BCUT2D eigenvalue weighted by molar-refractivity contribution is 0.188. The molecule has 102 valence electrons. The number of hydrazone groups is 1. The van der Waals surface area contributed by atoms with Crippen LogP contribution in [0.15, 0.2) is 52.2 Å². The molecular weight excluding hydrogens is 254 g/mol. The van der Waals surface area contributed by atoms with E-state index >= 15 is 0 Å². The van der Waals surface area contributed by atoms with Gasteiger partial charge in [-0.25, -0.2) is 9.80 Å². The highest BCUT2D eigenvalue weighted by atomic mass is 16.3. The zero-order valence-electron chi connectivity index (χ0n) is 11.1.